The average Bonchev–Trinajstić information content (AvgIpc) is 2.42. The number of nitrogens with zero attached hydrogens (tertiary/aromatic N) is 2. The summed E-state index contributed by atoms with van der Waals surface area (Å²) >= 11 is 0. The zero-order valence-corrected chi connectivity index (χ0v) is 12.4. The van der Waals surface area contributed by atoms with E-state index in [1.807, 2.05) is 0 Å². The Morgan fingerprint density at radius 3 is 1.65 bits per heavy atom. The molecule has 2 atom stereocenters. The van der Waals surface area contributed by atoms with E-state index in [0.717, 1.165) is 12.8 Å². The van der Waals surface area contributed by atoms with Crippen LogP contribution in [0.1, 0.15) is 53.4 Å². The fourth-order valence-corrected chi connectivity index (χ4v) is 6.63. The highest BCUT2D eigenvalue weighted by atomic mass is 31.2. The zero-order valence-electron chi connectivity index (χ0n) is 11.5. The molecule has 0 radical (unpaired) electrons. The molecule has 1 saturated heterocycles. The Hall–Kier alpha value is 0.110. The first-order chi connectivity index (χ1) is 7.87. The minimum absolute atomic E-state index is 0.264. The van der Waals surface area contributed by atoms with Gasteiger partial charge in [-0.2, -0.15) is 0 Å². The van der Waals surface area contributed by atoms with Gasteiger partial charge in [-0.25, -0.2) is 9.34 Å². The Labute approximate surface area is 105 Å². The van der Waals surface area contributed by atoms with Crippen molar-refractivity contribution in [2.24, 2.45) is 5.50 Å². The third-order valence-corrected chi connectivity index (χ3v) is 6.93. The lowest BCUT2D eigenvalue weighted by molar-refractivity contribution is 0.173. The van der Waals surface area contributed by atoms with Crippen LogP contribution < -0.4 is 5.50 Å². The predicted molar refractivity (Wildman–Crippen MR) is 71.8 cm³/mol. The van der Waals surface area contributed by atoms with Crippen molar-refractivity contribution in [3.8, 4) is 0 Å². The highest BCUT2D eigenvalue weighted by Crippen LogP contribution is 2.60. The molecule has 1 heterocycles. The second-order valence-corrected chi connectivity index (χ2v) is 8.06. The van der Waals surface area contributed by atoms with E-state index in [1.165, 1.54) is 12.8 Å². The van der Waals surface area contributed by atoms with Crippen LogP contribution in [-0.2, 0) is 4.57 Å². The maximum absolute atomic E-state index is 13.0. The van der Waals surface area contributed by atoms with Crippen molar-refractivity contribution >= 4 is 7.59 Å². The number of nitrogens with two attached hydrogens (primary N) is 1. The van der Waals surface area contributed by atoms with E-state index < -0.39 is 7.59 Å². The summed E-state index contributed by atoms with van der Waals surface area (Å²) < 4.78 is 17.2. The van der Waals surface area contributed by atoms with E-state index in [1.54, 1.807) is 0 Å². The first-order valence-corrected chi connectivity index (χ1v) is 8.51. The summed E-state index contributed by atoms with van der Waals surface area (Å²) in [5.41, 5.74) is 6.24. The summed E-state index contributed by atoms with van der Waals surface area (Å²) in [5.74, 6) is 0. The maximum Gasteiger partial charge on any atom is 0.282 e. The molecule has 0 aromatic heterocycles. The lowest BCUT2D eigenvalue weighted by Crippen LogP contribution is -2.43. The molecule has 1 aliphatic carbocycles. The van der Waals surface area contributed by atoms with Crippen LogP contribution >= 0.6 is 7.59 Å². The van der Waals surface area contributed by atoms with Gasteiger partial charge >= 0.3 is 0 Å². The van der Waals surface area contributed by atoms with Crippen LogP contribution in [0.25, 0.3) is 0 Å². The lowest BCUT2D eigenvalue weighted by atomic mass is 9.89. The summed E-state index contributed by atoms with van der Waals surface area (Å²) in [6.07, 6.45) is 4.78. The summed E-state index contributed by atoms with van der Waals surface area (Å²) in [6, 6.07) is 1.34. The second-order valence-electron chi connectivity index (χ2n) is 5.96. The van der Waals surface area contributed by atoms with Gasteiger partial charge in [-0.15, -0.1) is 0 Å². The largest absolute Gasteiger partial charge is 0.282 e. The summed E-state index contributed by atoms with van der Waals surface area (Å²) in [7, 11) is -2.81. The molecule has 1 saturated carbocycles. The van der Waals surface area contributed by atoms with Gasteiger partial charge in [-0.3, -0.25) is 10.1 Å². The first-order valence-electron chi connectivity index (χ1n) is 6.83. The van der Waals surface area contributed by atoms with Gasteiger partial charge in [0.05, 0.1) is 0 Å². The Kier molecular flexibility index (Phi) is 3.71. The van der Waals surface area contributed by atoms with Gasteiger partial charge in [0.1, 0.15) is 0 Å². The van der Waals surface area contributed by atoms with E-state index in [2.05, 4.69) is 37.0 Å². The van der Waals surface area contributed by atoms with Crippen LogP contribution in [0.3, 0.4) is 0 Å². The van der Waals surface area contributed by atoms with Gasteiger partial charge in [-0.1, -0.05) is 12.8 Å². The normalized spacial score (nSPS) is 34.5. The Balaban J connectivity index is 2.38. The SMILES string of the molecule is CC(C)N1[C@H]2CCCC[C@@H]2N(C(C)C)P1(N)=O. The molecule has 5 heteroatoms. The smallest absolute Gasteiger partial charge is 0.271 e. The fourth-order valence-electron chi connectivity index (χ4n) is 3.68. The van der Waals surface area contributed by atoms with Crippen molar-refractivity contribution < 1.29 is 4.57 Å². The molecule has 0 aromatic rings. The monoisotopic (exact) mass is 259 g/mol. The van der Waals surface area contributed by atoms with Crippen molar-refractivity contribution in [1.82, 2.24) is 9.34 Å². The molecule has 0 amide bonds. The predicted octanol–water partition coefficient (Wildman–Crippen LogP) is 2.80. The van der Waals surface area contributed by atoms with Crippen LogP contribution in [0.5, 0.6) is 0 Å². The fraction of sp³-hybridized carbons (Fsp3) is 1.00. The maximum atomic E-state index is 13.0. The molecule has 100 valence electrons. The van der Waals surface area contributed by atoms with Gasteiger partial charge in [0.2, 0.25) is 0 Å². The van der Waals surface area contributed by atoms with Crippen molar-refractivity contribution in [3.63, 3.8) is 0 Å². The van der Waals surface area contributed by atoms with Gasteiger partial charge in [0.15, 0.2) is 0 Å². The first kappa shape index (κ1) is 13.5. The van der Waals surface area contributed by atoms with Crippen molar-refractivity contribution in [2.75, 3.05) is 0 Å². The highest BCUT2D eigenvalue weighted by Gasteiger charge is 2.54. The summed E-state index contributed by atoms with van der Waals surface area (Å²) in [4.78, 5) is 0. The molecule has 2 N–H and O–H groups in total. The number of rotatable bonds is 2. The molecule has 0 spiro atoms. The topological polar surface area (TPSA) is 49.6 Å². The van der Waals surface area contributed by atoms with Crippen molar-refractivity contribution in [2.45, 2.75) is 77.5 Å². The molecule has 1 aliphatic heterocycles. The van der Waals surface area contributed by atoms with Crippen molar-refractivity contribution in [1.29, 1.82) is 0 Å². The van der Waals surface area contributed by atoms with Crippen LogP contribution in [0.4, 0.5) is 0 Å². The lowest BCUT2D eigenvalue weighted by Gasteiger charge is -2.33. The molecule has 0 aromatic carbocycles. The van der Waals surface area contributed by atoms with E-state index in [9.17, 15) is 4.57 Å². The number of fused-ring (bicyclic) bond motifs is 1. The Bertz CT molecular complexity index is 304. The van der Waals surface area contributed by atoms with Crippen molar-refractivity contribution in [3.05, 3.63) is 0 Å². The second kappa shape index (κ2) is 4.65. The zero-order chi connectivity index (χ0) is 12.8. The van der Waals surface area contributed by atoms with Crippen LogP contribution in [0.15, 0.2) is 0 Å². The standard InChI is InChI=1S/C12H26N3OP/c1-9(2)14-11-7-5-6-8-12(11)15(10(3)4)17(14,13)16/h9-12H,5-8H2,1-4H3,(H2,13,16)/t11-,12-/m0/s1. The molecular weight excluding hydrogens is 233 g/mol. The summed E-state index contributed by atoms with van der Waals surface area (Å²) in [5, 5.41) is 0. The van der Waals surface area contributed by atoms with E-state index in [-0.39, 0.29) is 12.1 Å². The molecule has 0 bridgehead atoms. The van der Waals surface area contributed by atoms with Crippen LogP contribution in [0.2, 0.25) is 0 Å². The van der Waals surface area contributed by atoms with Crippen LogP contribution in [0, 0.1) is 0 Å². The molecule has 2 aliphatic rings. The van der Waals surface area contributed by atoms with Gasteiger partial charge in [0.25, 0.3) is 7.59 Å². The highest BCUT2D eigenvalue weighted by molar-refractivity contribution is 7.57. The molecule has 2 fully saturated rings. The minimum Gasteiger partial charge on any atom is -0.271 e. The van der Waals surface area contributed by atoms with E-state index in [0.29, 0.717) is 12.1 Å². The minimum atomic E-state index is -2.81. The molecular formula is C12H26N3OP. The van der Waals surface area contributed by atoms with Crippen LogP contribution in [-0.4, -0.2) is 33.5 Å². The quantitative estimate of drug-likeness (QED) is 0.775. The summed E-state index contributed by atoms with van der Waals surface area (Å²) in [6.45, 7) is 8.42. The van der Waals surface area contributed by atoms with E-state index >= 15 is 0 Å². The average molecular weight is 259 g/mol. The molecule has 0 unspecified atom stereocenters. The van der Waals surface area contributed by atoms with Gasteiger partial charge in [0, 0.05) is 24.2 Å². The Morgan fingerprint density at radius 1 is 1.00 bits per heavy atom. The number of hydrogen-bond donors (Lipinski definition) is 1. The van der Waals surface area contributed by atoms with Gasteiger partial charge < -0.3 is 0 Å². The Morgan fingerprint density at radius 2 is 1.35 bits per heavy atom. The molecule has 2 rings (SSSR count). The van der Waals surface area contributed by atoms with Gasteiger partial charge in [-0.05, 0) is 40.5 Å². The molecule has 4 nitrogen and oxygen atoms in total. The molecule has 17 heavy (non-hydrogen) atoms. The number of hydrogen-bond acceptors (Lipinski definition) is 1. The third kappa shape index (κ3) is 2.10. The van der Waals surface area contributed by atoms with E-state index in [4.69, 9.17) is 5.50 Å². The third-order valence-electron chi connectivity index (χ3n) is 4.09.